The third kappa shape index (κ3) is 3.69. The Labute approximate surface area is 120 Å². The maximum absolute atomic E-state index is 13.6. The molecule has 0 N–H and O–H groups in total. The summed E-state index contributed by atoms with van der Waals surface area (Å²) in [6.07, 6.45) is 0. The molecule has 108 valence electrons. The second kappa shape index (κ2) is 6.69. The average Bonchev–Trinajstić information content (AvgIpc) is 2.45. The standard InChI is InChI=1S/C15H21FN4/c1-18(2)5-6-19-7-9-20(10-8-19)14-4-3-13(12-17)15(16)11-14/h3-4,11H,5-10H2,1-2H3. The molecule has 5 heteroatoms. The first kappa shape index (κ1) is 14.8. The number of nitriles is 1. The first-order valence-corrected chi connectivity index (χ1v) is 6.92. The van der Waals surface area contributed by atoms with Crippen LogP contribution in [0.1, 0.15) is 5.56 Å². The molecule has 0 saturated carbocycles. The monoisotopic (exact) mass is 276 g/mol. The van der Waals surface area contributed by atoms with Gasteiger partial charge in [0.2, 0.25) is 0 Å². The summed E-state index contributed by atoms with van der Waals surface area (Å²) in [4.78, 5) is 6.79. The number of nitrogens with zero attached hydrogens (tertiary/aromatic N) is 4. The number of benzene rings is 1. The molecule has 1 aromatic rings. The normalized spacial score (nSPS) is 16.4. The molecule has 0 aliphatic carbocycles. The van der Waals surface area contributed by atoms with E-state index in [-0.39, 0.29) is 5.56 Å². The van der Waals surface area contributed by atoms with Gasteiger partial charge in [0.15, 0.2) is 0 Å². The summed E-state index contributed by atoms with van der Waals surface area (Å²) >= 11 is 0. The van der Waals surface area contributed by atoms with E-state index >= 15 is 0 Å². The van der Waals surface area contributed by atoms with E-state index in [4.69, 9.17) is 5.26 Å². The van der Waals surface area contributed by atoms with Crippen LogP contribution in [-0.4, -0.2) is 63.2 Å². The number of halogens is 1. The SMILES string of the molecule is CN(C)CCN1CCN(c2ccc(C#N)c(F)c2)CC1. The lowest BCUT2D eigenvalue weighted by atomic mass is 10.2. The van der Waals surface area contributed by atoms with Crippen LogP contribution < -0.4 is 4.90 Å². The Morgan fingerprint density at radius 2 is 1.95 bits per heavy atom. The van der Waals surface area contributed by atoms with Crippen LogP contribution in [0.15, 0.2) is 18.2 Å². The topological polar surface area (TPSA) is 33.5 Å². The Bertz CT molecular complexity index is 487. The van der Waals surface area contributed by atoms with Crippen LogP contribution in [-0.2, 0) is 0 Å². The minimum Gasteiger partial charge on any atom is -0.369 e. The fraction of sp³-hybridized carbons (Fsp3) is 0.533. The van der Waals surface area contributed by atoms with Crippen molar-refractivity contribution in [3.05, 3.63) is 29.6 Å². The van der Waals surface area contributed by atoms with E-state index in [0.29, 0.717) is 0 Å². The molecule has 0 radical (unpaired) electrons. The molecule has 1 saturated heterocycles. The van der Waals surface area contributed by atoms with Gasteiger partial charge in [-0.05, 0) is 32.3 Å². The Balaban J connectivity index is 1.91. The van der Waals surface area contributed by atoms with Crippen LogP contribution in [0.4, 0.5) is 10.1 Å². The molecule has 1 aliphatic heterocycles. The molecule has 0 amide bonds. The summed E-state index contributed by atoms with van der Waals surface area (Å²) in [5.74, 6) is -0.431. The third-order valence-corrected chi connectivity index (χ3v) is 3.67. The van der Waals surface area contributed by atoms with E-state index in [1.54, 1.807) is 6.07 Å². The lowest BCUT2D eigenvalue weighted by molar-refractivity contribution is 0.229. The minimum absolute atomic E-state index is 0.110. The highest BCUT2D eigenvalue weighted by Gasteiger charge is 2.17. The first-order chi connectivity index (χ1) is 9.60. The van der Waals surface area contributed by atoms with Crippen LogP contribution in [0.3, 0.4) is 0 Å². The zero-order chi connectivity index (χ0) is 14.5. The van der Waals surface area contributed by atoms with Gasteiger partial charge in [-0.1, -0.05) is 0 Å². The molecule has 1 fully saturated rings. The summed E-state index contributed by atoms with van der Waals surface area (Å²) in [5, 5.41) is 8.74. The second-order valence-corrected chi connectivity index (χ2v) is 5.41. The van der Waals surface area contributed by atoms with Gasteiger partial charge in [-0.25, -0.2) is 4.39 Å². The molecule has 20 heavy (non-hydrogen) atoms. The van der Waals surface area contributed by atoms with Gasteiger partial charge in [0.05, 0.1) is 5.56 Å². The summed E-state index contributed by atoms with van der Waals surface area (Å²) in [6, 6.07) is 6.71. The zero-order valence-corrected chi connectivity index (χ0v) is 12.1. The van der Waals surface area contributed by atoms with E-state index in [2.05, 4.69) is 28.8 Å². The van der Waals surface area contributed by atoms with E-state index in [0.717, 1.165) is 45.0 Å². The minimum atomic E-state index is -0.431. The summed E-state index contributed by atoms with van der Waals surface area (Å²) < 4.78 is 13.6. The second-order valence-electron chi connectivity index (χ2n) is 5.41. The van der Waals surface area contributed by atoms with Gasteiger partial charge in [0.25, 0.3) is 0 Å². The average molecular weight is 276 g/mol. The van der Waals surface area contributed by atoms with Crippen molar-refractivity contribution in [1.29, 1.82) is 5.26 Å². The summed E-state index contributed by atoms with van der Waals surface area (Å²) in [7, 11) is 4.16. The molecular weight excluding hydrogens is 255 g/mol. The van der Waals surface area contributed by atoms with Crippen LogP contribution in [0.25, 0.3) is 0 Å². The molecule has 0 spiro atoms. The molecule has 1 heterocycles. The van der Waals surface area contributed by atoms with E-state index in [9.17, 15) is 4.39 Å². The van der Waals surface area contributed by atoms with Gasteiger partial charge in [-0.2, -0.15) is 5.26 Å². The Kier molecular flexibility index (Phi) is 4.94. The Morgan fingerprint density at radius 3 is 2.50 bits per heavy atom. The van der Waals surface area contributed by atoms with Gasteiger partial charge >= 0.3 is 0 Å². The first-order valence-electron chi connectivity index (χ1n) is 6.92. The number of anilines is 1. The van der Waals surface area contributed by atoms with Gasteiger partial charge < -0.3 is 9.80 Å². The van der Waals surface area contributed by atoms with Crippen LogP contribution >= 0.6 is 0 Å². The van der Waals surface area contributed by atoms with Crippen molar-refractivity contribution >= 4 is 5.69 Å². The van der Waals surface area contributed by atoms with Crippen molar-refractivity contribution in [2.24, 2.45) is 0 Å². The smallest absolute Gasteiger partial charge is 0.143 e. The molecule has 0 bridgehead atoms. The van der Waals surface area contributed by atoms with Crippen molar-refractivity contribution in [3.63, 3.8) is 0 Å². The third-order valence-electron chi connectivity index (χ3n) is 3.67. The quantitative estimate of drug-likeness (QED) is 0.832. The number of hydrogen-bond donors (Lipinski definition) is 0. The lowest BCUT2D eigenvalue weighted by Crippen LogP contribution is -2.48. The number of rotatable bonds is 4. The van der Waals surface area contributed by atoms with E-state index in [1.807, 2.05) is 12.1 Å². The fourth-order valence-corrected chi connectivity index (χ4v) is 2.36. The van der Waals surface area contributed by atoms with Gasteiger partial charge in [-0.15, -0.1) is 0 Å². The van der Waals surface area contributed by atoms with Crippen LogP contribution in [0.2, 0.25) is 0 Å². The van der Waals surface area contributed by atoms with E-state index < -0.39 is 5.82 Å². The maximum Gasteiger partial charge on any atom is 0.143 e. The number of hydrogen-bond acceptors (Lipinski definition) is 4. The van der Waals surface area contributed by atoms with Gasteiger partial charge in [0.1, 0.15) is 11.9 Å². The molecule has 0 unspecified atom stereocenters. The van der Waals surface area contributed by atoms with Crippen molar-refractivity contribution in [3.8, 4) is 6.07 Å². The highest BCUT2D eigenvalue weighted by atomic mass is 19.1. The lowest BCUT2D eigenvalue weighted by Gasteiger charge is -2.36. The van der Waals surface area contributed by atoms with Crippen LogP contribution in [0, 0.1) is 17.1 Å². The largest absolute Gasteiger partial charge is 0.369 e. The van der Waals surface area contributed by atoms with E-state index in [1.165, 1.54) is 6.07 Å². The van der Waals surface area contributed by atoms with Crippen molar-refractivity contribution in [1.82, 2.24) is 9.80 Å². The molecule has 0 aromatic heterocycles. The predicted octanol–water partition coefficient (Wildman–Crippen LogP) is 1.38. The Morgan fingerprint density at radius 1 is 1.25 bits per heavy atom. The highest BCUT2D eigenvalue weighted by Crippen LogP contribution is 2.19. The summed E-state index contributed by atoms with van der Waals surface area (Å²) in [6.45, 7) is 5.93. The van der Waals surface area contributed by atoms with Crippen molar-refractivity contribution < 1.29 is 4.39 Å². The van der Waals surface area contributed by atoms with Gasteiger partial charge in [0, 0.05) is 45.0 Å². The van der Waals surface area contributed by atoms with Gasteiger partial charge in [-0.3, -0.25) is 4.90 Å². The molecule has 0 atom stereocenters. The van der Waals surface area contributed by atoms with Crippen LogP contribution in [0.5, 0.6) is 0 Å². The highest BCUT2D eigenvalue weighted by molar-refractivity contribution is 5.50. The number of likely N-dealkylation sites (N-methyl/N-ethyl adjacent to an activating group) is 1. The van der Waals surface area contributed by atoms with Crippen molar-refractivity contribution in [2.75, 3.05) is 58.3 Å². The molecular formula is C15H21FN4. The predicted molar refractivity (Wildman–Crippen MR) is 78.3 cm³/mol. The maximum atomic E-state index is 13.6. The zero-order valence-electron chi connectivity index (χ0n) is 12.1. The Hall–Kier alpha value is -1.64. The van der Waals surface area contributed by atoms with Crippen molar-refractivity contribution in [2.45, 2.75) is 0 Å². The molecule has 4 nitrogen and oxygen atoms in total. The molecule has 1 aromatic carbocycles. The molecule has 2 rings (SSSR count). The fourth-order valence-electron chi connectivity index (χ4n) is 2.36. The number of piperazine rings is 1. The molecule has 1 aliphatic rings. The summed E-state index contributed by atoms with van der Waals surface area (Å²) in [5.41, 5.74) is 0.979.